The van der Waals surface area contributed by atoms with Gasteiger partial charge in [-0.2, -0.15) is 0 Å². The molecule has 0 aromatic carbocycles. The maximum atomic E-state index is 6.08. The van der Waals surface area contributed by atoms with Crippen LogP contribution in [0.3, 0.4) is 0 Å². The first-order valence-electron chi connectivity index (χ1n) is 7.11. The minimum absolute atomic E-state index is 0.256. The van der Waals surface area contributed by atoms with Crippen molar-refractivity contribution in [3.8, 4) is 0 Å². The Morgan fingerprint density at radius 3 is 2.19 bits per heavy atom. The van der Waals surface area contributed by atoms with Crippen LogP contribution in [0.5, 0.6) is 0 Å². The quantitative estimate of drug-likeness (QED) is 0.773. The lowest BCUT2D eigenvalue weighted by molar-refractivity contribution is 0.136. The molecule has 2 atom stereocenters. The Labute approximate surface area is 100 Å². The molecule has 2 saturated carbocycles. The van der Waals surface area contributed by atoms with Gasteiger partial charge in [0.05, 0.1) is 0 Å². The third-order valence-electron chi connectivity index (χ3n) is 4.54. The molecular formula is C14H28N2. The van der Waals surface area contributed by atoms with Gasteiger partial charge in [0.2, 0.25) is 0 Å². The van der Waals surface area contributed by atoms with E-state index in [-0.39, 0.29) is 5.54 Å². The molecule has 0 aromatic heterocycles. The van der Waals surface area contributed by atoms with Crippen LogP contribution in [0.15, 0.2) is 0 Å². The van der Waals surface area contributed by atoms with Crippen molar-refractivity contribution in [2.24, 2.45) is 17.6 Å². The maximum Gasteiger partial charge on any atom is 0.0311 e. The summed E-state index contributed by atoms with van der Waals surface area (Å²) in [6.45, 7) is 5.59. The van der Waals surface area contributed by atoms with Crippen LogP contribution in [0.1, 0.15) is 58.8 Å². The van der Waals surface area contributed by atoms with Gasteiger partial charge in [0, 0.05) is 18.1 Å². The predicted octanol–water partition coefficient (Wildman–Crippen LogP) is 2.67. The van der Waals surface area contributed by atoms with E-state index in [9.17, 15) is 0 Å². The molecule has 0 bridgehead atoms. The number of hydrogen-bond donors (Lipinski definition) is 2. The van der Waals surface area contributed by atoms with Crippen LogP contribution in [0.4, 0.5) is 0 Å². The fourth-order valence-electron chi connectivity index (χ4n) is 4.12. The summed E-state index contributed by atoms with van der Waals surface area (Å²) in [4.78, 5) is 0. The summed E-state index contributed by atoms with van der Waals surface area (Å²) in [5, 5.41) is 3.92. The smallest absolute Gasteiger partial charge is 0.0311 e. The van der Waals surface area contributed by atoms with E-state index in [0.29, 0.717) is 0 Å². The van der Waals surface area contributed by atoms with E-state index < -0.39 is 0 Å². The van der Waals surface area contributed by atoms with Gasteiger partial charge < -0.3 is 11.1 Å². The van der Waals surface area contributed by atoms with Crippen LogP contribution in [0.2, 0.25) is 0 Å². The van der Waals surface area contributed by atoms with Gasteiger partial charge in [-0.05, 0) is 43.9 Å². The molecule has 2 heteroatoms. The standard InChI is InChI=1S/C14H28N2/c1-11-7-12(2)9-14(8-11,10-15)16-13-5-3-4-6-13/h11-13,16H,3-10,15H2,1-2H3. The molecule has 94 valence electrons. The van der Waals surface area contributed by atoms with Crippen LogP contribution in [0.25, 0.3) is 0 Å². The summed E-state index contributed by atoms with van der Waals surface area (Å²) >= 11 is 0. The molecule has 2 unspecified atom stereocenters. The first kappa shape index (κ1) is 12.4. The lowest BCUT2D eigenvalue weighted by atomic mass is 9.71. The van der Waals surface area contributed by atoms with Crippen molar-refractivity contribution in [2.45, 2.75) is 70.4 Å². The van der Waals surface area contributed by atoms with E-state index >= 15 is 0 Å². The van der Waals surface area contributed by atoms with Crippen molar-refractivity contribution in [1.82, 2.24) is 5.32 Å². The highest BCUT2D eigenvalue weighted by atomic mass is 15.0. The summed E-state index contributed by atoms with van der Waals surface area (Å²) in [5.41, 5.74) is 6.33. The highest BCUT2D eigenvalue weighted by Crippen LogP contribution is 2.36. The van der Waals surface area contributed by atoms with Gasteiger partial charge in [0.1, 0.15) is 0 Å². The van der Waals surface area contributed by atoms with Crippen molar-refractivity contribution in [1.29, 1.82) is 0 Å². The lowest BCUT2D eigenvalue weighted by Crippen LogP contribution is -2.58. The molecule has 3 N–H and O–H groups in total. The van der Waals surface area contributed by atoms with Crippen molar-refractivity contribution in [3.05, 3.63) is 0 Å². The fraction of sp³-hybridized carbons (Fsp3) is 1.00. The SMILES string of the molecule is CC1CC(C)CC(CN)(NC2CCCC2)C1. The van der Waals surface area contributed by atoms with E-state index in [2.05, 4.69) is 19.2 Å². The molecule has 2 aliphatic rings. The lowest BCUT2D eigenvalue weighted by Gasteiger charge is -2.44. The van der Waals surface area contributed by atoms with Gasteiger partial charge >= 0.3 is 0 Å². The second kappa shape index (κ2) is 5.05. The molecule has 0 aliphatic heterocycles. The molecule has 0 saturated heterocycles. The summed E-state index contributed by atoms with van der Waals surface area (Å²) < 4.78 is 0. The molecule has 0 heterocycles. The number of rotatable bonds is 3. The van der Waals surface area contributed by atoms with Crippen LogP contribution in [-0.4, -0.2) is 18.1 Å². The molecular weight excluding hydrogens is 196 g/mol. The number of hydrogen-bond acceptors (Lipinski definition) is 2. The Bertz CT molecular complexity index is 211. The third-order valence-corrected chi connectivity index (χ3v) is 4.54. The topological polar surface area (TPSA) is 38.0 Å². The zero-order chi connectivity index (χ0) is 11.6. The summed E-state index contributed by atoms with van der Waals surface area (Å²) in [7, 11) is 0. The van der Waals surface area contributed by atoms with Crippen molar-refractivity contribution >= 4 is 0 Å². The minimum Gasteiger partial charge on any atom is -0.329 e. The first-order valence-corrected chi connectivity index (χ1v) is 7.11. The van der Waals surface area contributed by atoms with Gasteiger partial charge in [-0.25, -0.2) is 0 Å². The zero-order valence-corrected chi connectivity index (χ0v) is 11.0. The van der Waals surface area contributed by atoms with Crippen LogP contribution < -0.4 is 11.1 Å². The molecule has 0 aromatic rings. The van der Waals surface area contributed by atoms with Crippen molar-refractivity contribution in [3.63, 3.8) is 0 Å². The molecule has 0 radical (unpaired) electrons. The third kappa shape index (κ3) is 2.78. The number of nitrogens with one attached hydrogen (secondary N) is 1. The summed E-state index contributed by atoms with van der Waals surface area (Å²) in [6, 6.07) is 0.751. The Morgan fingerprint density at radius 2 is 1.69 bits per heavy atom. The highest BCUT2D eigenvalue weighted by Gasteiger charge is 2.38. The second-order valence-corrected chi connectivity index (χ2v) is 6.46. The monoisotopic (exact) mass is 224 g/mol. The van der Waals surface area contributed by atoms with E-state index in [4.69, 9.17) is 5.73 Å². The van der Waals surface area contributed by atoms with E-state index in [1.165, 1.54) is 44.9 Å². The molecule has 2 fully saturated rings. The largest absolute Gasteiger partial charge is 0.329 e. The van der Waals surface area contributed by atoms with E-state index in [1.807, 2.05) is 0 Å². The molecule has 16 heavy (non-hydrogen) atoms. The highest BCUT2D eigenvalue weighted by molar-refractivity contribution is 4.98. The number of nitrogens with two attached hydrogens (primary N) is 1. The van der Waals surface area contributed by atoms with Gasteiger partial charge in [-0.3, -0.25) is 0 Å². The Balaban J connectivity index is 1.99. The first-order chi connectivity index (χ1) is 7.63. The van der Waals surface area contributed by atoms with Crippen LogP contribution in [-0.2, 0) is 0 Å². The van der Waals surface area contributed by atoms with E-state index in [1.54, 1.807) is 0 Å². The molecule has 2 nitrogen and oxygen atoms in total. The normalized spacial score (nSPS) is 41.4. The Hall–Kier alpha value is -0.0800. The summed E-state index contributed by atoms with van der Waals surface area (Å²) in [5.74, 6) is 1.67. The van der Waals surface area contributed by atoms with Gasteiger partial charge in [0.25, 0.3) is 0 Å². The van der Waals surface area contributed by atoms with Gasteiger partial charge in [0.15, 0.2) is 0 Å². The molecule has 0 amide bonds. The molecule has 0 spiro atoms. The van der Waals surface area contributed by atoms with Crippen molar-refractivity contribution in [2.75, 3.05) is 6.54 Å². The summed E-state index contributed by atoms with van der Waals surface area (Å²) in [6.07, 6.45) is 9.49. The minimum atomic E-state index is 0.256. The average molecular weight is 224 g/mol. The Kier molecular flexibility index (Phi) is 3.91. The predicted molar refractivity (Wildman–Crippen MR) is 69.4 cm³/mol. The molecule has 2 aliphatic carbocycles. The molecule has 2 rings (SSSR count). The Morgan fingerprint density at radius 1 is 1.12 bits per heavy atom. The second-order valence-electron chi connectivity index (χ2n) is 6.46. The fourth-order valence-corrected chi connectivity index (χ4v) is 4.12. The van der Waals surface area contributed by atoms with Gasteiger partial charge in [-0.1, -0.05) is 26.7 Å². The van der Waals surface area contributed by atoms with Gasteiger partial charge in [-0.15, -0.1) is 0 Å². The zero-order valence-electron chi connectivity index (χ0n) is 11.0. The van der Waals surface area contributed by atoms with Crippen molar-refractivity contribution < 1.29 is 0 Å². The average Bonchev–Trinajstić information content (AvgIpc) is 2.68. The van der Waals surface area contributed by atoms with E-state index in [0.717, 1.165) is 24.4 Å². The maximum absolute atomic E-state index is 6.08. The van der Waals surface area contributed by atoms with Crippen LogP contribution in [0, 0.1) is 11.8 Å². The van der Waals surface area contributed by atoms with Crippen LogP contribution >= 0.6 is 0 Å².